The number of carbonyl (C=O) groups excluding carboxylic acids is 2. The molecule has 0 aromatic carbocycles. The van der Waals surface area contributed by atoms with Crippen LogP contribution in [-0.2, 0) is 9.59 Å². The predicted molar refractivity (Wildman–Crippen MR) is 62.7 cm³/mol. The summed E-state index contributed by atoms with van der Waals surface area (Å²) in [6.07, 6.45) is 2.88. The van der Waals surface area contributed by atoms with Gasteiger partial charge in [-0.2, -0.15) is 0 Å². The van der Waals surface area contributed by atoms with Crippen LogP contribution in [0.3, 0.4) is 0 Å². The Kier molecular flexibility index (Phi) is 6.14. The lowest BCUT2D eigenvalue weighted by atomic mass is 9.94. The fourth-order valence-electron chi connectivity index (χ4n) is 1.09. The van der Waals surface area contributed by atoms with E-state index in [2.05, 4.69) is 0 Å². The molecule has 0 amide bonds. The van der Waals surface area contributed by atoms with E-state index in [0.29, 0.717) is 0 Å². The summed E-state index contributed by atoms with van der Waals surface area (Å²) in [6, 6.07) is 0. The summed E-state index contributed by atoms with van der Waals surface area (Å²) in [7, 11) is 0. The van der Waals surface area contributed by atoms with Crippen molar-refractivity contribution in [2.45, 2.75) is 47.5 Å². The maximum atomic E-state index is 11.6. The van der Waals surface area contributed by atoms with E-state index in [1.165, 1.54) is 5.57 Å². The molecule has 0 aliphatic rings. The summed E-state index contributed by atoms with van der Waals surface area (Å²) >= 11 is 0. The number of carbonyl (C=O) groups is 2. The molecule has 0 saturated carbocycles. The van der Waals surface area contributed by atoms with Gasteiger partial charge >= 0.3 is 0 Å². The highest BCUT2D eigenvalue weighted by molar-refractivity contribution is 6.00. The molecule has 2 nitrogen and oxygen atoms in total. The third-order valence-corrected chi connectivity index (χ3v) is 2.42. The molecule has 0 spiro atoms. The topological polar surface area (TPSA) is 34.1 Å². The summed E-state index contributed by atoms with van der Waals surface area (Å²) in [5, 5.41) is 0. The Labute approximate surface area is 92.8 Å². The molecular formula is C13H22O2. The molecule has 0 aliphatic heterocycles. The molecular weight excluding hydrogens is 188 g/mol. The maximum Gasteiger partial charge on any atom is 0.143 e. The smallest absolute Gasteiger partial charge is 0.143 e. The van der Waals surface area contributed by atoms with Gasteiger partial charge in [-0.3, -0.25) is 9.59 Å². The molecule has 1 unspecified atom stereocenters. The van der Waals surface area contributed by atoms with E-state index in [9.17, 15) is 9.59 Å². The minimum absolute atomic E-state index is 0.0374. The van der Waals surface area contributed by atoms with Gasteiger partial charge in [0.05, 0.1) is 6.42 Å². The van der Waals surface area contributed by atoms with E-state index in [-0.39, 0.29) is 29.8 Å². The minimum Gasteiger partial charge on any atom is -0.299 e. The number of hydrogen-bond acceptors (Lipinski definition) is 2. The van der Waals surface area contributed by atoms with E-state index in [1.807, 2.05) is 40.7 Å². The predicted octanol–water partition coefficient (Wildman–Crippen LogP) is 3.16. The first-order valence-corrected chi connectivity index (χ1v) is 5.53. The Morgan fingerprint density at radius 3 is 2.00 bits per heavy atom. The molecule has 0 N–H and O–H groups in total. The molecule has 0 aromatic heterocycles. The molecule has 0 fully saturated rings. The van der Waals surface area contributed by atoms with Crippen LogP contribution in [0.5, 0.6) is 0 Å². The number of hydrogen-bond donors (Lipinski definition) is 0. The second kappa shape index (κ2) is 6.54. The van der Waals surface area contributed by atoms with Crippen molar-refractivity contribution in [3.05, 3.63) is 11.6 Å². The zero-order valence-electron chi connectivity index (χ0n) is 10.5. The summed E-state index contributed by atoms with van der Waals surface area (Å²) in [5.74, 6) is 0.0300. The molecule has 1 atom stereocenters. The fourth-order valence-corrected chi connectivity index (χ4v) is 1.09. The van der Waals surface area contributed by atoms with Crippen LogP contribution in [0.1, 0.15) is 47.5 Å². The largest absolute Gasteiger partial charge is 0.299 e. The highest BCUT2D eigenvalue weighted by atomic mass is 16.1. The Morgan fingerprint density at radius 2 is 1.60 bits per heavy atom. The van der Waals surface area contributed by atoms with Crippen LogP contribution in [0, 0.1) is 11.8 Å². The SMILES string of the molecule is CC(C)=CCC(C)C(=O)CC(=O)C(C)C. The highest BCUT2D eigenvalue weighted by Crippen LogP contribution is 2.11. The molecule has 15 heavy (non-hydrogen) atoms. The van der Waals surface area contributed by atoms with E-state index in [0.717, 1.165) is 6.42 Å². The van der Waals surface area contributed by atoms with E-state index < -0.39 is 0 Å². The number of rotatable bonds is 6. The molecule has 2 heteroatoms. The second-order valence-corrected chi connectivity index (χ2v) is 4.68. The number of allylic oxidation sites excluding steroid dienone is 2. The van der Waals surface area contributed by atoms with Crippen LogP contribution in [0.4, 0.5) is 0 Å². The van der Waals surface area contributed by atoms with Crippen LogP contribution in [-0.4, -0.2) is 11.6 Å². The standard InChI is InChI=1S/C13H22O2/c1-9(2)6-7-11(5)13(15)8-12(14)10(3)4/h6,10-11H,7-8H2,1-5H3. The fraction of sp³-hybridized carbons (Fsp3) is 0.692. The normalized spacial score (nSPS) is 12.4. The van der Waals surface area contributed by atoms with Crippen molar-refractivity contribution in [3.63, 3.8) is 0 Å². The van der Waals surface area contributed by atoms with Crippen molar-refractivity contribution in [2.24, 2.45) is 11.8 Å². The van der Waals surface area contributed by atoms with Gasteiger partial charge in [0.25, 0.3) is 0 Å². The third-order valence-electron chi connectivity index (χ3n) is 2.42. The average Bonchev–Trinajstić information content (AvgIpc) is 2.13. The Balaban J connectivity index is 4.11. The van der Waals surface area contributed by atoms with Crippen molar-refractivity contribution in [3.8, 4) is 0 Å². The lowest BCUT2D eigenvalue weighted by molar-refractivity contribution is -0.130. The van der Waals surface area contributed by atoms with Gasteiger partial charge in [-0.05, 0) is 20.3 Å². The van der Waals surface area contributed by atoms with Gasteiger partial charge in [0.15, 0.2) is 0 Å². The van der Waals surface area contributed by atoms with E-state index >= 15 is 0 Å². The van der Waals surface area contributed by atoms with Crippen LogP contribution in [0.2, 0.25) is 0 Å². The number of Topliss-reactive ketones (excluding diaryl/α,β-unsaturated/α-hetero) is 2. The minimum atomic E-state index is -0.0393. The van der Waals surface area contributed by atoms with Crippen LogP contribution in [0.25, 0.3) is 0 Å². The molecule has 86 valence electrons. The average molecular weight is 210 g/mol. The van der Waals surface area contributed by atoms with Crippen molar-refractivity contribution in [1.29, 1.82) is 0 Å². The van der Waals surface area contributed by atoms with Crippen LogP contribution in [0.15, 0.2) is 11.6 Å². The molecule has 0 bridgehead atoms. The van der Waals surface area contributed by atoms with Crippen molar-refractivity contribution < 1.29 is 9.59 Å². The van der Waals surface area contributed by atoms with Gasteiger partial charge in [-0.25, -0.2) is 0 Å². The van der Waals surface area contributed by atoms with Gasteiger partial charge in [0, 0.05) is 11.8 Å². The summed E-state index contributed by atoms with van der Waals surface area (Å²) < 4.78 is 0. The first-order chi connectivity index (χ1) is 6.84. The quantitative estimate of drug-likeness (QED) is 0.498. The zero-order chi connectivity index (χ0) is 12.0. The molecule has 0 heterocycles. The van der Waals surface area contributed by atoms with Gasteiger partial charge in [0.1, 0.15) is 11.6 Å². The molecule has 0 radical (unpaired) electrons. The Morgan fingerprint density at radius 1 is 1.07 bits per heavy atom. The van der Waals surface area contributed by atoms with E-state index in [4.69, 9.17) is 0 Å². The Bertz CT molecular complexity index is 258. The summed E-state index contributed by atoms with van der Waals surface area (Å²) in [5.41, 5.74) is 1.21. The van der Waals surface area contributed by atoms with Gasteiger partial charge < -0.3 is 0 Å². The maximum absolute atomic E-state index is 11.6. The van der Waals surface area contributed by atoms with E-state index in [1.54, 1.807) is 0 Å². The van der Waals surface area contributed by atoms with Gasteiger partial charge in [-0.15, -0.1) is 0 Å². The zero-order valence-corrected chi connectivity index (χ0v) is 10.5. The lowest BCUT2D eigenvalue weighted by Gasteiger charge is -2.08. The molecule has 0 rings (SSSR count). The number of ketones is 2. The van der Waals surface area contributed by atoms with Gasteiger partial charge in [-0.1, -0.05) is 32.4 Å². The third kappa shape index (κ3) is 6.21. The summed E-state index contributed by atoms with van der Waals surface area (Å²) in [4.78, 5) is 23.0. The van der Waals surface area contributed by atoms with Crippen LogP contribution < -0.4 is 0 Å². The second-order valence-electron chi connectivity index (χ2n) is 4.68. The summed E-state index contributed by atoms with van der Waals surface area (Å²) in [6.45, 7) is 9.56. The lowest BCUT2D eigenvalue weighted by Crippen LogP contribution is -2.18. The van der Waals surface area contributed by atoms with Crippen LogP contribution >= 0.6 is 0 Å². The monoisotopic (exact) mass is 210 g/mol. The molecule has 0 aliphatic carbocycles. The van der Waals surface area contributed by atoms with Crippen molar-refractivity contribution >= 4 is 11.6 Å². The Hall–Kier alpha value is -0.920. The first kappa shape index (κ1) is 14.1. The molecule has 0 aromatic rings. The molecule has 0 saturated heterocycles. The van der Waals surface area contributed by atoms with Gasteiger partial charge in [0.2, 0.25) is 0 Å². The highest BCUT2D eigenvalue weighted by Gasteiger charge is 2.17. The van der Waals surface area contributed by atoms with Crippen molar-refractivity contribution in [1.82, 2.24) is 0 Å². The van der Waals surface area contributed by atoms with Crippen molar-refractivity contribution in [2.75, 3.05) is 0 Å². The first-order valence-electron chi connectivity index (χ1n) is 5.53.